The second-order valence-corrected chi connectivity index (χ2v) is 10.6. The van der Waals surface area contributed by atoms with Gasteiger partial charge in [0.25, 0.3) is 11.8 Å². The van der Waals surface area contributed by atoms with Crippen molar-refractivity contribution in [1.82, 2.24) is 5.32 Å². The molecule has 9 heteroatoms. The molecule has 3 aromatic rings. The van der Waals surface area contributed by atoms with E-state index in [1.807, 2.05) is 24.3 Å². The summed E-state index contributed by atoms with van der Waals surface area (Å²) in [7, 11) is 1.58. The Morgan fingerprint density at radius 3 is 2.22 bits per heavy atom. The highest BCUT2D eigenvalue weighted by atomic mass is 79.9. The minimum atomic E-state index is -0.422. The zero-order valence-electron chi connectivity index (χ0n) is 21.2. The van der Waals surface area contributed by atoms with Gasteiger partial charge in [-0.25, -0.2) is 0 Å². The second-order valence-electron chi connectivity index (χ2n) is 9.25. The maximum absolute atomic E-state index is 12.9. The Morgan fingerprint density at radius 2 is 1.57 bits per heavy atom. The number of rotatable bonds is 8. The number of hydrogen-bond donors (Lipinski definition) is 3. The number of halogens is 1. The zero-order valence-corrected chi connectivity index (χ0v) is 23.6. The van der Waals surface area contributed by atoms with Gasteiger partial charge in [-0.3, -0.25) is 14.9 Å². The number of ether oxygens (including phenoxy) is 2. The molecule has 0 unspecified atom stereocenters. The summed E-state index contributed by atoms with van der Waals surface area (Å²) < 4.78 is 11.4. The molecule has 3 rings (SSSR count). The Bertz CT molecular complexity index is 1270. The van der Waals surface area contributed by atoms with Crippen LogP contribution in [0.4, 0.5) is 11.4 Å². The molecule has 0 aromatic heterocycles. The number of thiocarbonyl (C=S) groups is 1. The monoisotopic (exact) mass is 583 g/mol. The molecule has 0 bridgehead atoms. The van der Waals surface area contributed by atoms with Gasteiger partial charge in [0.05, 0.1) is 12.2 Å². The molecule has 37 heavy (non-hydrogen) atoms. The van der Waals surface area contributed by atoms with Crippen LogP contribution in [0.25, 0.3) is 0 Å². The first kappa shape index (κ1) is 28.3. The van der Waals surface area contributed by atoms with Gasteiger partial charge in [0.15, 0.2) is 5.11 Å². The largest absolute Gasteiger partial charge is 0.490 e. The highest BCUT2D eigenvalue weighted by Gasteiger charge is 2.16. The molecule has 0 aliphatic heterocycles. The molecule has 194 valence electrons. The quantitative estimate of drug-likeness (QED) is 0.218. The Balaban J connectivity index is 1.63. The molecule has 0 heterocycles. The van der Waals surface area contributed by atoms with Crippen LogP contribution in [-0.4, -0.2) is 37.3 Å². The van der Waals surface area contributed by atoms with Crippen molar-refractivity contribution in [2.24, 2.45) is 0 Å². The van der Waals surface area contributed by atoms with Gasteiger partial charge in [0.2, 0.25) is 0 Å². The van der Waals surface area contributed by atoms with Crippen LogP contribution in [0.1, 0.15) is 47.1 Å². The van der Waals surface area contributed by atoms with Crippen LogP contribution in [0.15, 0.2) is 71.2 Å². The Kier molecular flexibility index (Phi) is 9.79. The topological polar surface area (TPSA) is 88.7 Å². The number of amides is 2. The van der Waals surface area contributed by atoms with E-state index < -0.39 is 5.91 Å². The lowest BCUT2D eigenvalue weighted by atomic mass is 9.87. The van der Waals surface area contributed by atoms with Crippen molar-refractivity contribution in [3.05, 3.63) is 87.9 Å². The molecule has 0 saturated heterocycles. The summed E-state index contributed by atoms with van der Waals surface area (Å²) in [6.45, 7) is 7.08. The van der Waals surface area contributed by atoms with Gasteiger partial charge >= 0.3 is 0 Å². The van der Waals surface area contributed by atoms with E-state index in [9.17, 15) is 9.59 Å². The second kappa shape index (κ2) is 12.8. The van der Waals surface area contributed by atoms with E-state index in [0.717, 1.165) is 10.0 Å². The van der Waals surface area contributed by atoms with Crippen molar-refractivity contribution in [2.45, 2.75) is 26.2 Å². The van der Waals surface area contributed by atoms with Crippen LogP contribution in [0.2, 0.25) is 0 Å². The molecule has 2 amide bonds. The molecule has 0 fully saturated rings. The van der Waals surface area contributed by atoms with E-state index in [0.29, 0.717) is 41.5 Å². The fourth-order valence-corrected chi connectivity index (χ4v) is 3.94. The SMILES string of the molecule is COCCOc1ccc(Br)cc1C(=O)NC(=S)Nc1cccc(NC(=O)c2ccc(C(C)(C)C)cc2)c1. The van der Waals surface area contributed by atoms with Gasteiger partial charge in [-0.05, 0) is 71.7 Å². The summed E-state index contributed by atoms with van der Waals surface area (Å²) in [6.07, 6.45) is 0. The van der Waals surface area contributed by atoms with Gasteiger partial charge in [-0.1, -0.05) is 54.9 Å². The molecule has 7 nitrogen and oxygen atoms in total. The van der Waals surface area contributed by atoms with Gasteiger partial charge in [0.1, 0.15) is 12.4 Å². The van der Waals surface area contributed by atoms with Crippen molar-refractivity contribution in [3.63, 3.8) is 0 Å². The van der Waals surface area contributed by atoms with Crippen molar-refractivity contribution in [2.75, 3.05) is 31.0 Å². The fourth-order valence-electron chi connectivity index (χ4n) is 3.37. The summed E-state index contributed by atoms with van der Waals surface area (Å²) in [5.74, 6) is -0.223. The normalized spacial score (nSPS) is 10.9. The van der Waals surface area contributed by atoms with Crippen molar-refractivity contribution >= 4 is 56.4 Å². The van der Waals surface area contributed by atoms with Crippen LogP contribution in [0.5, 0.6) is 5.75 Å². The predicted octanol–water partition coefficient (Wildman–Crippen LogP) is 6.15. The molecule has 0 radical (unpaired) electrons. The maximum Gasteiger partial charge on any atom is 0.261 e. The van der Waals surface area contributed by atoms with Gasteiger partial charge in [0, 0.05) is 28.5 Å². The smallest absolute Gasteiger partial charge is 0.261 e. The van der Waals surface area contributed by atoms with Crippen LogP contribution in [-0.2, 0) is 10.2 Å². The fraction of sp³-hybridized carbons (Fsp3) is 0.250. The van der Waals surface area contributed by atoms with Crippen LogP contribution < -0.4 is 20.7 Å². The number of carbonyl (C=O) groups excluding carboxylic acids is 2. The Morgan fingerprint density at radius 1 is 0.892 bits per heavy atom. The lowest BCUT2D eigenvalue weighted by Crippen LogP contribution is -2.34. The molecular weight excluding hydrogens is 554 g/mol. The molecule has 0 atom stereocenters. The van der Waals surface area contributed by atoms with Crippen LogP contribution in [0, 0.1) is 0 Å². The van der Waals surface area contributed by atoms with Crippen molar-refractivity contribution in [1.29, 1.82) is 0 Å². The minimum absolute atomic E-state index is 0.0124. The number of anilines is 2. The van der Waals surface area contributed by atoms with E-state index in [1.54, 1.807) is 49.6 Å². The van der Waals surface area contributed by atoms with E-state index in [4.69, 9.17) is 21.7 Å². The molecule has 0 saturated carbocycles. The summed E-state index contributed by atoms with van der Waals surface area (Å²) in [6, 6.07) is 19.8. The standard InChI is InChI=1S/C28H30BrN3O4S/c1-28(2,3)19-10-8-18(9-11-19)25(33)30-21-6-5-7-22(17-21)31-27(37)32-26(34)23-16-20(29)12-13-24(23)36-15-14-35-4/h5-13,16-17H,14-15H2,1-4H3,(H,30,33)(H2,31,32,34,37). The highest BCUT2D eigenvalue weighted by Crippen LogP contribution is 2.24. The zero-order chi connectivity index (χ0) is 27.0. The van der Waals surface area contributed by atoms with Gasteiger partial charge in [-0.2, -0.15) is 0 Å². The Hall–Kier alpha value is -3.27. The van der Waals surface area contributed by atoms with E-state index in [-0.39, 0.29) is 16.4 Å². The molecular formula is C28H30BrN3O4S. The third-order valence-corrected chi connectivity index (χ3v) is 6.05. The van der Waals surface area contributed by atoms with E-state index in [2.05, 4.69) is 52.7 Å². The third-order valence-electron chi connectivity index (χ3n) is 5.35. The maximum atomic E-state index is 12.9. The average molecular weight is 585 g/mol. The van der Waals surface area contributed by atoms with Gasteiger partial charge in [-0.15, -0.1) is 0 Å². The van der Waals surface area contributed by atoms with E-state index in [1.165, 1.54) is 0 Å². The minimum Gasteiger partial charge on any atom is -0.490 e. The number of methoxy groups -OCH3 is 1. The molecule has 0 aliphatic carbocycles. The predicted molar refractivity (Wildman–Crippen MR) is 155 cm³/mol. The number of hydrogen-bond acceptors (Lipinski definition) is 5. The van der Waals surface area contributed by atoms with Crippen LogP contribution >= 0.6 is 28.1 Å². The first-order valence-electron chi connectivity index (χ1n) is 11.6. The third kappa shape index (κ3) is 8.38. The molecule has 0 spiro atoms. The lowest BCUT2D eigenvalue weighted by molar-refractivity contribution is 0.0968. The number of carbonyl (C=O) groups is 2. The highest BCUT2D eigenvalue weighted by molar-refractivity contribution is 9.10. The van der Waals surface area contributed by atoms with Crippen molar-refractivity contribution in [3.8, 4) is 5.75 Å². The Labute approximate surface area is 231 Å². The van der Waals surface area contributed by atoms with E-state index >= 15 is 0 Å². The number of benzene rings is 3. The first-order chi connectivity index (χ1) is 17.6. The average Bonchev–Trinajstić information content (AvgIpc) is 2.84. The molecule has 3 N–H and O–H groups in total. The summed E-state index contributed by atoms with van der Waals surface area (Å²) in [4.78, 5) is 25.6. The lowest BCUT2D eigenvalue weighted by Gasteiger charge is -2.19. The molecule has 3 aromatic carbocycles. The summed E-state index contributed by atoms with van der Waals surface area (Å²) >= 11 is 8.72. The summed E-state index contributed by atoms with van der Waals surface area (Å²) in [5.41, 5.74) is 3.25. The first-order valence-corrected chi connectivity index (χ1v) is 12.8. The molecule has 0 aliphatic rings. The van der Waals surface area contributed by atoms with Gasteiger partial charge < -0.3 is 20.1 Å². The van der Waals surface area contributed by atoms with Crippen LogP contribution in [0.3, 0.4) is 0 Å². The number of nitrogens with one attached hydrogen (secondary N) is 3. The van der Waals surface area contributed by atoms with Crippen molar-refractivity contribution < 1.29 is 19.1 Å². The summed E-state index contributed by atoms with van der Waals surface area (Å²) in [5, 5.41) is 8.65.